The molecular formula is C13H20N4O. The van der Waals surface area contributed by atoms with Crippen LogP contribution in [0.25, 0.3) is 0 Å². The molecular weight excluding hydrogens is 228 g/mol. The maximum Gasteiger partial charge on any atom is 0.254 e. The van der Waals surface area contributed by atoms with E-state index >= 15 is 0 Å². The maximum atomic E-state index is 11.7. The van der Waals surface area contributed by atoms with Gasteiger partial charge in [-0.25, -0.2) is 4.98 Å². The van der Waals surface area contributed by atoms with Crippen molar-refractivity contribution in [3.63, 3.8) is 0 Å². The largest absolute Gasteiger partial charge is 0.370 e. The lowest BCUT2D eigenvalue weighted by Crippen LogP contribution is -2.39. The molecule has 1 aromatic heterocycles. The van der Waals surface area contributed by atoms with Crippen molar-refractivity contribution in [2.75, 3.05) is 26.0 Å². The molecule has 98 valence electrons. The molecule has 3 N–H and O–H groups in total. The fraction of sp³-hybridized carbons (Fsp3) is 0.538. The molecule has 0 atom stereocenters. The number of nitrogens with zero attached hydrogens (tertiary/aromatic N) is 2. The Hall–Kier alpha value is -1.62. The molecule has 0 saturated heterocycles. The summed E-state index contributed by atoms with van der Waals surface area (Å²) >= 11 is 0. The number of rotatable bonds is 4. The number of nitrogens with two attached hydrogens (primary N) is 1. The van der Waals surface area contributed by atoms with E-state index in [-0.39, 0.29) is 5.91 Å². The van der Waals surface area contributed by atoms with Gasteiger partial charge in [-0.3, -0.25) is 4.79 Å². The highest BCUT2D eigenvalue weighted by Crippen LogP contribution is 2.25. The Bertz CT molecular complexity index is 410. The molecule has 1 aromatic rings. The first-order valence-corrected chi connectivity index (χ1v) is 6.23. The summed E-state index contributed by atoms with van der Waals surface area (Å²) in [5.74, 6) is 1.44. The van der Waals surface area contributed by atoms with Crippen molar-refractivity contribution in [2.24, 2.45) is 11.7 Å². The van der Waals surface area contributed by atoms with Gasteiger partial charge in [0.1, 0.15) is 5.82 Å². The Balaban J connectivity index is 1.85. The number of carbonyl (C=O) groups is 1. The second-order valence-electron chi connectivity index (χ2n) is 5.11. The van der Waals surface area contributed by atoms with Crippen LogP contribution in [0, 0.1) is 5.92 Å². The number of amides is 1. The zero-order valence-corrected chi connectivity index (χ0v) is 10.9. The van der Waals surface area contributed by atoms with Crippen molar-refractivity contribution < 1.29 is 4.79 Å². The van der Waals surface area contributed by atoms with E-state index in [1.54, 1.807) is 31.3 Å². The van der Waals surface area contributed by atoms with Gasteiger partial charge in [-0.2, -0.15) is 0 Å². The van der Waals surface area contributed by atoms with Crippen LogP contribution in [0.15, 0.2) is 18.3 Å². The molecule has 1 saturated carbocycles. The van der Waals surface area contributed by atoms with Crippen LogP contribution in [0.4, 0.5) is 5.82 Å². The minimum Gasteiger partial charge on any atom is -0.370 e. The lowest BCUT2D eigenvalue weighted by Gasteiger charge is -2.32. The fourth-order valence-electron chi connectivity index (χ4n) is 2.09. The van der Waals surface area contributed by atoms with E-state index in [0.717, 1.165) is 25.2 Å². The van der Waals surface area contributed by atoms with Crippen LogP contribution in [0.5, 0.6) is 0 Å². The first kappa shape index (κ1) is 12.8. The first-order chi connectivity index (χ1) is 8.56. The van der Waals surface area contributed by atoms with Gasteiger partial charge in [-0.05, 0) is 30.9 Å². The number of nitrogens with one attached hydrogen (secondary N) is 1. The Labute approximate surface area is 107 Å². The average molecular weight is 248 g/mol. The van der Waals surface area contributed by atoms with E-state index in [2.05, 4.69) is 10.3 Å². The Kier molecular flexibility index (Phi) is 3.81. The van der Waals surface area contributed by atoms with E-state index in [1.807, 2.05) is 6.07 Å². The van der Waals surface area contributed by atoms with E-state index in [1.165, 1.54) is 0 Å². The fourth-order valence-corrected chi connectivity index (χ4v) is 2.09. The zero-order chi connectivity index (χ0) is 13.1. The van der Waals surface area contributed by atoms with Gasteiger partial charge in [-0.15, -0.1) is 0 Å². The number of hydrogen-bond acceptors (Lipinski definition) is 4. The number of pyridine rings is 1. The van der Waals surface area contributed by atoms with Gasteiger partial charge in [0.15, 0.2) is 0 Å². The predicted molar refractivity (Wildman–Crippen MR) is 71.4 cm³/mol. The second kappa shape index (κ2) is 5.35. The molecule has 0 unspecified atom stereocenters. The van der Waals surface area contributed by atoms with Crippen LogP contribution >= 0.6 is 0 Å². The summed E-state index contributed by atoms with van der Waals surface area (Å²) in [6.07, 6.45) is 3.78. The molecule has 18 heavy (non-hydrogen) atoms. The molecule has 1 heterocycles. The molecule has 0 spiro atoms. The Morgan fingerprint density at radius 2 is 2.22 bits per heavy atom. The zero-order valence-electron chi connectivity index (χ0n) is 10.9. The van der Waals surface area contributed by atoms with Crippen LogP contribution in [0.1, 0.15) is 23.2 Å². The lowest BCUT2D eigenvalue weighted by molar-refractivity contribution is 0.0827. The summed E-state index contributed by atoms with van der Waals surface area (Å²) < 4.78 is 0. The molecule has 1 aliphatic rings. The summed E-state index contributed by atoms with van der Waals surface area (Å²) in [5.41, 5.74) is 6.34. The summed E-state index contributed by atoms with van der Waals surface area (Å²) in [5, 5.41) is 3.27. The molecule has 1 amide bonds. The molecule has 1 fully saturated rings. The van der Waals surface area contributed by atoms with E-state index in [9.17, 15) is 4.79 Å². The number of aromatic nitrogens is 1. The average Bonchev–Trinajstić information content (AvgIpc) is 2.33. The Morgan fingerprint density at radius 1 is 1.50 bits per heavy atom. The molecule has 0 aromatic carbocycles. The van der Waals surface area contributed by atoms with Crippen molar-refractivity contribution >= 4 is 11.7 Å². The predicted octanol–water partition coefficient (Wildman–Crippen LogP) is 0.933. The highest BCUT2D eigenvalue weighted by atomic mass is 16.2. The minimum atomic E-state index is -0.0287. The number of carbonyl (C=O) groups excluding carboxylic acids is 1. The van der Waals surface area contributed by atoms with Crippen molar-refractivity contribution in [2.45, 2.75) is 18.9 Å². The van der Waals surface area contributed by atoms with Crippen molar-refractivity contribution in [1.29, 1.82) is 0 Å². The van der Waals surface area contributed by atoms with E-state index in [0.29, 0.717) is 17.5 Å². The number of hydrogen-bond donors (Lipinski definition) is 2. The molecule has 1 aliphatic carbocycles. The smallest absolute Gasteiger partial charge is 0.254 e. The third kappa shape index (κ3) is 2.98. The van der Waals surface area contributed by atoms with Crippen molar-refractivity contribution in [3.05, 3.63) is 23.9 Å². The quantitative estimate of drug-likeness (QED) is 0.831. The van der Waals surface area contributed by atoms with Crippen molar-refractivity contribution in [3.8, 4) is 0 Å². The van der Waals surface area contributed by atoms with Gasteiger partial charge in [-0.1, -0.05) is 0 Å². The van der Waals surface area contributed by atoms with Gasteiger partial charge < -0.3 is 16.0 Å². The highest BCUT2D eigenvalue weighted by molar-refractivity contribution is 5.93. The van der Waals surface area contributed by atoms with Gasteiger partial charge >= 0.3 is 0 Å². The molecule has 5 nitrogen and oxygen atoms in total. The monoisotopic (exact) mass is 248 g/mol. The normalized spacial score (nSPS) is 22.2. The van der Waals surface area contributed by atoms with E-state index < -0.39 is 0 Å². The van der Waals surface area contributed by atoms with Crippen LogP contribution < -0.4 is 11.1 Å². The van der Waals surface area contributed by atoms with Crippen LogP contribution in [-0.2, 0) is 0 Å². The molecule has 0 aliphatic heterocycles. The minimum absolute atomic E-state index is 0.0287. The molecule has 0 bridgehead atoms. The Morgan fingerprint density at radius 3 is 2.72 bits per heavy atom. The van der Waals surface area contributed by atoms with Crippen molar-refractivity contribution in [1.82, 2.24) is 9.88 Å². The van der Waals surface area contributed by atoms with Crippen LogP contribution in [0.2, 0.25) is 0 Å². The lowest BCUT2D eigenvalue weighted by atomic mass is 9.81. The summed E-state index contributed by atoms with van der Waals surface area (Å²) in [7, 11) is 3.46. The maximum absolute atomic E-state index is 11.7. The molecule has 2 rings (SSSR count). The third-order valence-electron chi connectivity index (χ3n) is 3.26. The molecule has 0 radical (unpaired) electrons. The van der Waals surface area contributed by atoms with Gasteiger partial charge in [0.25, 0.3) is 5.91 Å². The van der Waals surface area contributed by atoms with Crippen LogP contribution in [-0.4, -0.2) is 42.5 Å². The van der Waals surface area contributed by atoms with Crippen LogP contribution in [0.3, 0.4) is 0 Å². The third-order valence-corrected chi connectivity index (χ3v) is 3.26. The van der Waals surface area contributed by atoms with Gasteiger partial charge in [0, 0.05) is 32.9 Å². The SMILES string of the molecule is CN(C)C(=O)c1ccc(NCC2CC(N)C2)nc1. The number of anilines is 1. The van der Waals surface area contributed by atoms with Gasteiger partial charge in [0.05, 0.1) is 5.56 Å². The summed E-state index contributed by atoms with van der Waals surface area (Å²) in [4.78, 5) is 17.4. The van der Waals surface area contributed by atoms with E-state index in [4.69, 9.17) is 5.73 Å². The second-order valence-corrected chi connectivity index (χ2v) is 5.11. The topological polar surface area (TPSA) is 71.2 Å². The summed E-state index contributed by atoms with van der Waals surface area (Å²) in [6, 6.07) is 4.02. The molecule has 5 heteroatoms. The van der Waals surface area contributed by atoms with Gasteiger partial charge in [0.2, 0.25) is 0 Å². The standard InChI is InChI=1S/C13H20N4O/c1-17(2)13(18)10-3-4-12(16-8-10)15-7-9-5-11(14)6-9/h3-4,8-9,11H,5-7,14H2,1-2H3,(H,15,16). The highest BCUT2D eigenvalue weighted by Gasteiger charge is 2.25. The first-order valence-electron chi connectivity index (χ1n) is 6.23. The summed E-state index contributed by atoms with van der Waals surface area (Å²) in [6.45, 7) is 0.904.